The van der Waals surface area contributed by atoms with Crippen LogP contribution in [0.4, 0.5) is 15.8 Å². The lowest BCUT2D eigenvalue weighted by Crippen LogP contribution is -2.35. The van der Waals surface area contributed by atoms with Gasteiger partial charge in [0.2, 0.25) is 0 Å². The molecule has 4 rings (SSSR count). The number of carbonyl (C=O) groups is 2. The SMILES string of the molecule is CN(C)c1cc(Cl)cc(C(=O)Nc2ccc(Cl)cc2)c1CC(=O)c1ccc(C(=N)N2CCCCC2)cc1F. The Morgan fingerprint density at radius 2 is 1.63 bits per heavy atom. The minimum absolute atomic E-state index is 0.0936. The molecule has 3 aromatic carbocycles. The van der Waals surface area contributed by atoms with Crippen molar-refractivity contribution in [3.05, 3.63) is 92.7 Å². The zero-order chi connectivity index (χ0) is 27.4. The summed E-state index contributed by atoms with van der Waals surface area (Å²) in [6.45, 7) is 1.54. The average molecular weight is 555 g/mol. The molecule has 0 radical (unpaired) electrons. The van der Waals surface area contributed by atoms with Crippen LogP contribution in [0.1, 0.15) is 51.1 Å². The molecule has 0 bridgehead atoms. The van der Waals surface area contributed by atoms with Gasteiger partial charge in [-0.1, -0.05) is 29.3 Å². The first-order valence-corrected chi connectivity index (χ1v) is 13.1. The highest BCUT2D eigenvalue weighted by molar-refractivity contribution is 6.31. The standard InChI is InChI=1S/C29H29Cl2FN4O2/c1-35(2)26-16-20(31)15-24(29(38)34-21-9-7-19(30)8-10-21)23(26)17-27(37)22-11-6-18(14-25(22)32)28(33)36-12-4-3-5-13-36/h6-11,14-16,33H,3-5,12-13,17H2,1-2H3,(H,34,38). The van der Waals surface area contributed by atoms with Gasteiger partial charge in [-0.3, -0.25) is 15.0 Å². The molecule has 1 aliphatic rings. The molecule has 1 saturated heterocycles. The summed E-state index contributed by atoms with van der Waals surface area (Å²) in [7, 11) is 3.56. The highest BCUT2D eigenvalue weighted by Crippen LogP contribution is 2.30. The van der Waals surface area contributed by atoms with E-state index in [4.69, 9.17) is 28.6 Å². The summed E-state index contributed by atoms with van der Waals surface area (Å²) in [4.78, 5) is 30.3. The maximum absolute atomic E-state index is 15.2. The second kappa shape index (κ2) is 12.0. The summed E-state index contributed by atoms with van der Waals surface area (Å²) in [5.41, 5.74) is 2.10. The van der Waals surface area contributed by atoms with Gasteiger partial charge in [0, 0.05) is 66.2 Å². The van der Waals surface area contributed by atoms with Gasteiger partial charge < -0.3 is 15.1 Å². The van der Waals surface area contributed by atoms with Crippen LogP contribution in [0.25, 0.3) is 0 Å². The molecule has 0 atom stereocenters. The Balaban J connectivity index is 1.62. The summed E-state index contributed by atoms with van der Waals surface area (Å²) in [5, 5.41) is 12.1. The fourth-order valence-corrected chi connectivity index (χ4v) is 4.92. The predicted octanol–water partition coefficient (Wildman–Crippen LogP) is 6.69. The Labute approximate surface area is 231 Å². The first-order valence-electron chi connectivity index (χ1n) is 12.4. The van der Waals surface area contributed by atoms with Gasteiger partial charge in [0.15, 0.2) is 5.78 Å². The first kappa shape index (κ1) is 27.6. The maximum Gasteiger partial charge on any atom is 0.256 e. The number of nitrogens with zero attached hydrogens (tertiary/aromatic N) is 2. The molecule has 198 valence electrons. The third kappa shape index (κ3) is 6.34. The van der Waals surface area contributed by atoms with Gasteiger partial charge in [-0.2, -0.15) is 0 Å². The number of benzene rings is 3. The Morgan fingerprint density at radius 1 is 0.947 bits per heavy atom. The number of amidine groups is 1. The molecule has 0 aliphatic carbocycles. The van der Waals surface area contributed by atoms with Crippen molar-refractivity contribution in [2.45, 2.75) is 25.7 Å². The summed E-state index contributed by atoms with van der Waals surface area (Å²) in [6.07, 6.45) is 2.92. The van der Waals surface area contributed by atoms with Crippen molar-refractivity contribution in [1.29, 1.82) is 5.41 Å². The lowest BCUT2D eigenvalue weighted by Gasteiger charge is -2.29. The van der Waals surface area contributed by atoms with Crippen LogP contribution in [0.2, 0.25) is 10.0 Å². The number of nitrogens with one attached hydrogen (secondary N) is 2. The fraction of sp³-hybridized carbons (Fsp3) is 0.276. The Bertz CT molecular complexity index is 1370. The van der Waals surface area contributed by atoms with E-state index in [9.17, 15) is 9.59 Å². The maximum atomic E-state index is 15.2. The lowest BCUT2D eigenvalue weighted by atomic mass is 9.95. The van der Waals surface area contributed by atoms with E-state index >= 15 is 4.39 Å². The van der Waals surface area contributed by atoms with E-state index in [1.54, 1.807) is 55.4 Å². The highest BCUT2D eigenvalue weighted by atomic mass is 35.5. The normalized spacial score (nSPS) is 13.2. The second-order valence-corrected chi connectivity index (χ2v) is 10.4. The molecular weight excluding hydrogens is 526 g/mol. The van der Waals surface area contributed by atoms with Crippen molar-refractivity contribution in [2.75, 3.05) is 37.4 Å². The predicted molar refractivity (Wildman–Crippen MR) is 152 cm³/mol. The minimum Gasteiger partial charge on any atom is -0.377 e. The Morgan fingerprint density at radius 3 is 2.26 bits per heavy atom. The number of ketones is 1. The van der Waals surface area contributed by atoms with Crippen LogP contribution in [0.5, 0.6) is 0 Å². The summed E-state index contributed by atoms with van der Waals surface area (Å²) in [5.74, 6) is -1.37. The van der Waals surface area contributed by atoms with Crippen molar-refractivity contribution < 1.29 is 14.0 Å². The quantitative estimate of drug-likeness (QED) is 0.194. The van der Waals surface area contributed by atoms with Crippen LogP contribution in [0.3, 0.4) is 0 Å². The number of halogens is 3. The number of anilines is 2. The number of hydrogen-bond acceptors (Lipinski definition) is 4. The second-order valence-electron chi connectivity index (χ2n) is 9.50. The molecule has 1 fully saturated rings. The molecule has 6 nitrogen and oxygen atoms in total. The summed E-state index contributed by atoms with van der Waals surface area (Å²) < 4.78 is 15.2. The molecule has 0 spiro atoms. The number of hydrogen-bond donors (Lipinski definition) is 2. The number of piperidine rings is 1. The number of amides is 1. The topological polar surface area (TPSA) is 76.5 Å². The van der Waals surface area contributed by atoms with Crippen molar-refractivity contribution in [3.8, 4) is 0 Å². The van der Waals surface area contributed by atoms with E-state index in [1.807, 2.05) is 4.90 Å². The van der Waals surface area contributed by atoms with Crippen molar-refractivity contribution in [1.82, 2.24) is 4.90 Å². The van der Waals surface area contributed by atoms with Gasteiger partial charge in [0.05, 0.1) is 5.56 Å². The van der Waals surface area contributed by atoms with Crippen molar-refractivity contribution in [3.63, 3.8) is 0 Å². The zero-order valence-electron chi connectivity index (χ0n) is 21.3. The lowest BCUT2D eigenvalue weighted by molar-refractivity contribution is 0.0989. The van der Waals surface area contributed by atoms with Crippen LogP contribution in [-0.2, 0) is 6.42 Å². The van der Waals surface area contributed by atoms with Crippen molar-refractivity contribution >= 4 is 52.1 Å². The van der Waals surface area contributed by atoms with Crippen molar-refractivity contribution in [2.24, 2.45) is 0 Å². The van der Waals surface area contributed by atoms with Gasteiger partial charge in [0.25, 0.3) is 5.91 Å². The molecule has 0 aromatic heterocycles. The van der Waals surface area contributed by atoms with Gasteiger partial charge in [-0.15, -0.1) is 0 Å². The largest absolute Gasteiger partial charge is 0.377 e. The van der Waals surface area contributed by atoms with E-state index in [0.29, 0.717) is 32.5 Å². The van der Waals surface area contributed by atoms with Crippen LogP contribution >= 0.6 is 23.2 Å². The fourth-order valence-electron chi connectivity index (χ4n) is 4.59. The monoisotopic (exact) mass is 554 g/mol. The molecule has 3 aromatic rings. The average Bonchev–Trinajstić information content (AvgIpc) is 2.90. The molecule has 2 N–H and O–H groups in total. The third-order valence-electron chi connectivity index (χ3n) is 6.57. The smallest absolute Gasteiger partial charge is 0.256 e. The van der Waals surface area contributed by atoms with E-state index in [2.05, 4.69) is 5.32 Å². The van der Waals surface area contributed by atoms with Gasteiger partial charge in [-0.05, 0) is 73.4 Å². The molecule has 1 aliphatic heterocycles. The summed E-state index contributed by atoms with van der Waals surface area (Å²) in [6, 6.07) is 14.1. The molecule has 1 amide bonds. The van der Waals surface area contributed by atoms with E-state index in [0.717, 1.165) is 32.4 Å². The molecule has 9 heteroatoms. The molecule has 38 heavy (non-hydrogen) atoms. The number of rotatable bonds is 7. The van der Waals surface area contributed by atoms with E-state index in [1.165, 1.54) is 18.2 Å². The Kier molecular flexibility index (Phi) is 8.69. The van der Waals surface area contributed by atoms with Crippen LogP contribution in [0, 0.1) is 11.2 Å². The zero-order valence-corrected chi connectivity index (χ0v) is 22.8. The van der Waals surface area contributed by atoms with E-state index < -0.39 is 17.5 Å². The highest BCUT2D eigenvalue weighted by Gasteiger charge is 2.23. The Hall–Kier alpha value is -3.42. The van der Waals surface area contributed by atoms with Crippen LogP contribution in [-0.4, -0.2) is 49.6 Å². The van der Waals surface area contributed by atoms with Crippen LogP contribution in [0.15, 0.2) is 54.6 Å². The molecule has 1 heterocycles. The third-order valence-corrected chi connectivity index (χ3v) is 7.04. The van der Waals surface area contributed by atoms with Gasteiger partial charge in [-0.25, -0.2) is 4.39 Å². The first-order chi connectivity index (χ1) is 18.1. The molecule has 0 saturated carbocycles. The van der Waals surface area contributed by atoms with E-state index in [-0.39, 0.29) is 23.4 Å². The summed E-state index contributed by atoms with van der Waals surface area (Å²) >= 11 is 12.3. The molecular formula is C29H29Cl2FN4O2. The number of likely N-dealkylation sites (tertiary alicyclic amines) is 1. The van der Waals surface area contributed by atoms with Gasteiger partial charge in [0.1, 0.15) is 11.7 Å². The molecule has 0 unspecified atom stereocenters. The van der Waals surface area contributed by atoms with Gasteiger partial charge >= 0.3 is 0 Å². The number of carbonyl (C=O) groups excluding carboxylic acids is 2. The minimum atomic E-state index is -0.693. The number of Topliss-reactive ketones (excluding diaryl/α,β-unsaturated/α-hetero) is 1. The van der Waals surface area contributed by atoms with Crippen LogP contribution < -0.4 is 10.2 Å².